The molecule has 0 bridgehead atoms. The lowest BCUT2D eigenvalue weighted by Crippen LogP contribution is -2.27. The normalized spacial score (nSPS) is 11.0. The third-order valence-electron chi connectivity index (χ3n) is 1.71. The minimum atomic E-state index is -0.532. The first-order chi connectivity index (χ1) is 7.26. The van der Waals surface area contributed by atoms with Crippen molar-refractivity contribution in [3.8, 4) is 5.75 Å². The van der Waals surface area contributed by atoms with Crippen LogP contribution in [0.4, 0.5) is 10.5 Å². The molecule has 4 heteroatoms. The Morgan fingerprint density at radius 3 is 2.44 bits per heavy atom. The summed E-state index contributed by atoms with van der Waals surface area (Å²) in [6.07, 6.45) is -0.530. The van der Waals surface area contributed by atoms with Gasteiger partial charge < -0.3 is 9.84 Å². The second-order valence-corrected chi connectivity index (χ2v) is 4.68. The molecule has 0 saturated carbocycles. The van der Waals surface area contributed by atoms with Gasteiger partial charge in [-0.25, -0.2) is 4.79 Å². The van der Waals surface area contributed by atoms with Gasteiger partial charge in [-0.1, -0.05) is 0 Å². The molecule has 0 fully saturated rings. The van der Waals surface area contributed by atoms with Gasteiger partial charge in [0.05, 0.1) is 0 Å². The third kappa shape index (κ3) is 4.21. The maximum atomic E-state index is 11.4. The van der Waals surface area contributed by atoms with Crippen molar-refractivity contribution in [2.75, 3.05) is 5.32 Å². The van der Waals surface area contributed by atoms with E-state index in [9.17, 15) is 9.90 Å². The predicted octanol–water partition coefficient (Wildman–Crippen LogP) is 3.05. The van der Waals surface area contributed by atoms with E-state index < -0.39 is 11.7 Å². The number of hydrogen-bond donors (Lipinski definition) is 2. The van der Waals surface area contributed by atoms with Crippen LogP contribution >= 0.6 is 0 Å². The highest BCUT2D eigenvalue weighted by atomic mass is 16.6. The summed E-state index contributed by atoms with van der Waals surface area (Å²) in [5.74, 6) is 0.117. The van der Waals surface area contributed by atoms with Crippen molar-refractivity contribution >= 4 is 11.8 Å². The molecule has 4 nitrogen and oxygen atoms in total. The Hall–Kier alpha value is -1.71. The lowest BCUT2D eigenvalue weighted by atomic mass is 10.2. The van der Waals surface area contributed by atoms with E-state index >= 15 is 0 Å². The molecule has 16 heavy (non-hydrogen) atoms. The SMILES string of the molecule is Cc1cc(O)cc(NC(=O)OC(C)(C)C)c1. The first kappa shape index (κ1) is 12.4. The minimum absolute atomic E-state index is 0.117. The number of aryl methyl sites for hydroxylation is 1. The average Bonchev–Trinajstić information content (AvgIpc) is 1.96. The van der Waals surface area contributed by atoms with Gasteiger partial charge in [-0.3, -0.25) is 5.32 Å². The summed E-state index contributed by atoms with van der Waals surface area (Å²) < 4.78 is 5.09. The van der Waals surface area contributed by atoms with Crippen LogP contribution in [0.15, 0.2) is 18.2 Å². The second-order valence-electron chi connectivity index (χ2n) is 4.68. The number of rotatable bonds is 1. The fourth-order valence-electron chi connectivity index (χ4n) is 1.26. The van der Waals surface area contributed by atoms with Gasteiger partial charge in [0.1, 0.15) is 11.4 Å². The van der Waals surface area contributed by atoms with Gasteiger partial charge in [0.2, 0.25) is 0 Å². The number of phenolic OH excluding ortho intramolecular Hbond substituents is 1. The molecule has 2 N–H and O–H groups in total. The van der Waals surface area contributed by atoms with Crippen molar-refractivity contribution < 1.29 is 14.6 Å². The molecule has 1 rings (SSSR count). The fourth-order valence-corrected chi connectivity index (χ4v) is 1.26. The Balaban J connectivity index is 2.70. The van der Waals surface area contributed by atoms with Gasteiger partial charge in [-0.2, -0.15) is 0 Å². The van der Waals surface area contributed by atoms with E-state index in [1.54, 1.807) is 32.9 Å². The number of ether oxygens (including phenoxy) is 1. The number of hydrogen-bond acceptors (Lipinski definition) is 3. The van der Waals surface area contributed by atoms with E-state index in [1.807, 2.05) is 6.92 Å². The zero-order chi connectivity index (χ0) is 12.3. The smallest absolute Gasteiger partial charge is 0.412 e. The Morgan fingerprint density at radius 2 is 1.94 bits per heavy atom. The highest BCUT2D eigenvalue weighted by molar-refractivity contribution is 5.85. The van der Waals surface area contributed by atoms with Gasteiger partial charge in [-0.15, -0.1) is 0 Å². The summed E-state index contributed by atoms with van der Waals surface area (Å²) in [6.45, 7) is 7.21. The molecule has 0 aliphatic rings. The average molecular weight is 223 g/mol. The van der Waals surface area contributed by atoms with E-state index in [2.05, 4.69) is 5.32 Å². The molecule has 0 saturated heterocycles. The van der Waals surface area contributed by atoms with Crippen LogP contribution < -0.4 is 5.32 Å². The molecule has 1 aromatic rings. The molecule has 0 aliphatic carbocycles. The third-order valence-corrected chi connectivity index (χ3v) is 1.71. The van der Waals surface area contributed by atoms with Gasteiger partial charge in [0, 0.05) is 11.8 Å². The molecule has 0 atom stereocenters. The molecular weight excluding hydrogens is 206 g/mol. The maximum absolute atomic E-state index is 11.4. The van der Waals surface area contributed by atoms with Crippen molar-refractivity contribution in [1.82, 2.24) is 0 Å². The summed E-state index contributed by atoms with van der Waals surface area (Å²) in [5, 5.41) is 11.9. The lowest BCUT2D eigenvalue weighted by molar-refractivity contribution is 0.0636. The zero-order valence-electron chi connectivity index (χ0n) is 10.00. The highest BCUT2D eigenvalue weighted by Gasteiger charge is 2.16. The molecule has 0 aliphatic heterocycles. The van der Waals surface area contributed by atoms with Gasteiger partial charge in [-0.05, 0) is 45.4 Å². The number of phenols is 1. The number of carbonyl (C=O) groups excluding carboxylic acids is 1. The summed E-state index contributed by atoms with van der Waals surface area (Å²) in [6, 6.07) is 4.83. The van der Waals surface area contributed by atoms with Crippen LogP contribution in [0.2, 0.25) is 0 Å². The minimum Gasteiger partial charge on any atom is -0.508 e. The van der Waals surface area contributed by atoms with Crippen LogP contribution in [-0.4, -0.2) is 16.8 Å². The highest BCUT2D eigenvalue weighted by Crippen LogP contribution is 2.19. The van der Waals surface area contributed by atoms with Crippen molar-refractivity contribution in [1.29, 1.82) is 0 Å². The van der Waals surface area contributed by atoms with Gasteiger partial charge in [0.25, 0.3) is 0 Å². The van der Waals surface area contributed by atoms with E-state index in [0.29, 0.717) is 5.69 Å². The standard InChI is InChI=1S/C12H17NO3/c1-8-5-9(7-10(14)6-8)13-11(15)16-12(2,3)4/h5-7,14H,1-4H3,(H,13,15). The van der Waals surface area contributed by atoms with Crippen LogP contribution in [0.25, 0.3) is 0 Å². The maximum Gasteiger partial charge on any atom is 0.412 e. The monoisotopic (exact) mass is 223 g/mol. The van der Waals surface area contributed by atoms with E-state index in [0.717, 1.165) is 5.56 Å². The molecule has 0 spiro atoms. The molecule has 1 amide bonds. The number of benzene rings is 1. The van der Waals surface area contributed by atoms with Crippen molar-refractivity contribution in [3.05, 3.63) is 23.8 Å². The number of nitrogens with one attached hydrogen (secondary N) is 1. The van der Waals surface area contributed by atoms with Crippen LogP contribution in [0.3, 0.4) is 0 Å². The Morgan fingerprint density at radius 1 is 1.31 bits per heavy atom. The zero-order valence-corrected chi connectivity index (χ0v) is 10.00. The molecule has 0 aromatic heterocycles. The topological polar surface area (TPSA) is 58.6 Å². The summed E-state index contributed by atoms with van der Waals surface area (Å²) in [5.41, 5.74) is 0.855. The quantitative estimate of drug-likeness (QED) is 0.769. The summed E-state index contributed by atoms with van der Waals surface area (Å²) in [7, 11) is 0. The number of carbonyl (C=O) groups is 1. The fraction of sp³-hybridized carbons (Fsp3) is 0.417. The summed E-state index contributed by atoms with van der Waals surface area (Å²) in [4.78, 5) is 11.4. The first-order valence-electron chi connectivity index (χ1n) is 5.07. The summed E-state index contributed by atoms with van der Waals surface area (Å²) >= 11 is 0. The van der Waals surface area contributed by atoms with Crippen LogP contribution in [0.5, 0.6) is 5.75 Å². The lowest BCUT2D eigenvalue weighted by Gasteiger charge is -2.19. The Labute approximate surface area is 95.2 Å². The van der Waals surface area contributed by atoms with Crippen molar-refractivity contribution in [3.63, 3.8) is 0 Å². The molecular formula is C12H17NO3. The van der Waals surface area contributed by atoms with Gasteiger partial charge >= 0.3 is 6.09 Å². The number of amides is 1. The molecule has 1 aromatic carbocycles. The first-order valence-corrected chi connectivity index (χ1v) is 5.07. The largest absolute Gasteiger partial charge is 0.508 e. The predicted molar refractivity (Wildman–Crippen MR) is 62.7 cm³/mol. The molecule has 0 heterocycles. The molecule has 88 valence electrons. The number of anilines is 1. The van der Waals surface area contributed by atoms with Crippen LogP contribution in [-0.2, 0) is 4.74 Å². The van der Waals surface area contributed by atoms with E-state index in [-0.39, 0.29) is 5.75 Å². The van der Waals surface area contributed by atoms with E-state index in [1.165, 1.54) is 6.07 Å². The van der Waals surface area contributed by atoms with Gasteiger partial charge in [0.15, 0.2) is 0 Å². The number of aromatic hydroxyl groups is 1. The van der Waals surface area contributed by atoms with Crippen molar-refractivity contribution in [2.45, 2.75) is 33.3 Å². The second kappa shape index (κ2) is 4.43. The Kier molecular flexibility index (Phi) is 3.42. The van der Waals surface area contributed by atoms with E-state index in [4.69, 9.17) is 4.74 Å². The molecule has 0 radical (unpaired) electrons. The van der Waals surface area contributed by atoms with Crippen LogP contribution in [0.1, 0.15) is 26.3 Å². The van der Waals surface area contributed by atoms with Crippen LogP contribution in [0, 0.1) is 6.92 Å². The molecule has 0 unspecified atom stereocenters. The Bertz CT molecular complexity index is 373. The van der Waals surface area contributed by atoms with Crippen molar-refractivity contribution in [2.24, 2.45) is 0 Å².